The Labute approximate surface area is 132 Å². The van der Waals surface area contributed by atoms with Crippen molar-refractivity contribution in [2.24, 2.45) is 23.0 Å². The molecule has 21 heavy (non-hydrogen) atoms. The molecule has 0 aromatic rings. The summed E-state index contributed by atoms with van der Waals surface area (Å²) in [5.41, 5.74) is 6.49. The molecule has 0 heterocycles. The molecule has 1 aliphatic carbocycles. The van der Waals surface area contributed by atoms with Crippen molar-refractivity contribution in [1.82, 2.24) is 4.90 Å². The number of aliphatic hydroxyl groups excluding tert-OH is 1. The highest BCUT2D eigenvalue weighted by Gasteiger charge is 2.38. The fourth-order valence-electron chi connectivity index (χ4n) is 3.84. The topological polar surface area (TPSA) is 49.5 Å². The largest absolute Gasteiger partial charge is 0.396 e. The zero-order valence-corrected chi connectivity index (χ0v) is 14.8. The number of unbranched alkanes of at least 4 members (excludes halogenated alkanes) is 2. The maximum absolute atomic E-state index is 8.88. The Balaban J connectivity index is 2.57. The van der Waals surface area contributed by atoms with Gasteiger partial charge in [0, 0.05) is 12.6 Å². The van der Waals surface area contributed by atoms with E-state index in [0.717, 1.165) is 31.8 Å². The van der Waals surface area contributed by atoms with E-state index in [0.29, 0.717) is 24.0 Å². The second-order valence-electron chi connectivity index (χ2n) is 7.68. The fraction of sp³-hybridized carbons (Fsp3) is 1.00. The third-order valence-corrected chi connectivity index (χ3v) is 6.01. The summed E-state index contributed by atoms with van der Waals surface area (Å²) in [4.78, 5) is 2.55. The van der Waals surface area contributed by atoms with Crippen LogP contribution in [-0.2, 0) is 0 Å². The average molecular weight is 299 g/mol. The van der Waals surface area contributed by atoms with Crippen molar-refractivity contribution in [3.8, 4) is 0 Å². The van der Waals surface area contributed by atoms with E-state index in [-0.39, 0.29) is 0 Å². The zero-order valence-electron chi connectivity index (χ0n) is 14.8. The molecule has 3 atom stereocenters. The number of nitrogens with two attached hydrogens (primary N) is 1. The summed E-state index contributed by atoms with van der Waals surface area (Å²) in [5.74, 6) is 1.49. The molecule has 0 amide bonds. The minimum absolute atomic E-state index is 0.325. The van der Waals surface area contributed by atoms with Crippen molar-refractivity contribution in [1.29, 1.82) is 0 Å². The number of hydrogen-bond donors (Lipinski definition) is 2. The summed E-state index contributed by atoms with van der Waals surface area (Å²) in [6.45, 7) is 9.47. The summed E-state index contributed by atoms with van der Waals surface area (Å²) in [6, 6.07) is 0.647. The lowest BCUT2D eigenvalue weighted by atomic mass is 9.65. The predicted molar refractivity (Wildman–Crippen MR) is 91.3 cm³/mol. The molecule has 1 saturated carbocycles. The van der Waals surface area contributed by atoms with Gasteiger partial charge in [-0.1, -0.05) is 27.2 Å². The highest BCUT2D eigenvalue weighted by Crippen LogP contribution is 2.43. The van der Waals surface area contributed by atoms with E-state index in [1.54, 1.807) is 0 Å². The molecule has 0 radical (unpaired) electrons. The second-order valence-corrected chi connectivity index (χ2v) is 7.68. The van der Waals surface area contributed by atoms with Crippen LogP contribution < -0.4 is 5.73 Å². The van der Waals surface area contributed by atoms with Crippen LogP contribution in [0.5, 0.6) is 0 Å². The fourth-order valence-corrected chi connectivity index (χ4v) is 3.84. The van der Waals surface area contributed by atoms with E-state index in [1.165, 1.54) is 32.1 Å². The highest BCUT2D eigenvalue weighted by molar-refractivity contribution is 4.91. The van der Waals surface area contributed by atoms with Crippen LogP contribution in [0.15, 0.2) is 0 Å². The third kappa shape index (κ3) is 5.54. The van der Waals surface area contributed by atoms with Gasteiger partial charge < -0.3 is 15.7 Å². The van der Waals surface area contributed by atoms with Crippen LogP contribution in [0.3, 0.4) is 0 Å². The van der Waals surface area contributed by atoms with Gasteiger partial charge in [-0.2, -0.15) is 0 Å². The van der Waals surface area contributed by atoms with Crippen LogP contribution in [0.25, 0.3) is 0 Å². The lowest BCUT2D eigenvalue weighted by Crippen LogP contribution is -2.47. The van der Waals surface area contributed by atoms with Gasteiger partial charge in [0.2, 0.25) is 0 Å². The van der Waals surface area contributed by atoms with Crippen LogP contribution in [0.4, 0.5) is 0 Å². The molecule has 0 bridgehead atoms. The van der Waals surface area contributed by atoms with Crippen molar-refractivity contribution >= 4 is 0 Å². The van der Waals surface area contributed by atoms with Crippen molar-refractivity contribution in [3.63, 3.8) is 0 Å². The maximum atomic E-state index is 8.88. The van der Waals surface area contributed by atoms with Gasteiger partial charge in [-0.3, -0.25) is 0 Å². The molecule has 0 aliphatic heterocycles. The van der Waals surface area contributed by atoms with Gasteiger partial charge in [-0.05, 0) is 75.9 Å². The smallest absolute Gasteiger partial charge is 0.0431 e. The van der Waals surface area contributed by atoms with Gasteiger partial charge in [-0.15, -0.1) is 0 Å². The lowest BCUT2D eigenvalue weighted by Gasteiger charge is -2.46. The van der Waals surface area contributed by atoms with Crippen molar-refractivity contribution in [3.05, 3.63) is 0 Å². The summed E-state index contributed by atoms with van der Waals surface area (Å²) in [6.07, 6.45) is 8.45. The Kier molecular flexibility index (Phi) is 8.22. The van der Waals surface area contributed by atoms with Gasteiger partial charge in [0.1, 0.15) is 0 Å². The van der Waals surface area contributed by atoms with Crippen LogP contribution in [0.2, 0.25) is 0 Å². The number of aliphatic hydroxyl groups is 1. The van der Waals surface area contributed by atoms with Crippen LogP contribution >= 0.6 is 0 Å². The monoisotopic (exact) mass is 298 g/mol. The van der Waals surface area contributed by atoms with Crippen molar-refractivity contribution < 1.29 is 5.11 Å². The first kappa shape index (κ1) is 18.9. The molecule has 1 aliphatic rings. The minimum atomic E-state index is 0.325. The summed E-state index contributed by atoms with van der Waals surface area (Å²) < 4.78 is 0. The molecule has 3 unspecified atom stereocenters. The Morgan fingerprint density at radius 3 is 2.48 bits per heavy atom. The molecule has 126 valence electrons. The lowest BCUT2D eigenvalue weighted by molar-refractivity contribution is 0.0492. The SMILES string of the molecule is CCC(C)(C)C1CCC(CN)C(N(C)CCCCCO)C1. The Morgan fingerprint density at radius 1 is 1.19 bits per heavy atom. The van der Waals surface area contributed by atoms with E-state index >= 15 is 0 Å². The second kappa shape index (κ2) is 9.12. The molecule has 1 rings (SSSR count). The normalized spacial score (nSPS) is 27.3. The van der Waals surface area contributed by atoms with E-state index in [9.17, 15) is 0 Å². The van der Waals surface area contributed by atoms with E-state index in [4.69, 9.17) is 10.8 Å². The number of hydrogen-bond acceptors (Lipinski definition) is 3. The Bertz CT molecular complexity index is 280. The molecule has 1 fully saturated rings. The summed E-state index contributed by atoms with van der Waals surface area (Å²) in [7, 11) is 2.27. The van der Waals surface area contributed by atoms with E-state index < -0.39 is 0 Å². The molecule has 0 aromatic heterocycles. The Morgan fingerprint density at radius 2 is 1.90 bits per heavy atom. The maximum Gasteiger partial charge on any atom is 0.0431 e. The molecule has 3 heteroatoms. The third-order valence-electron chi connectivity index (χ3n) is 6.01. The standard InChI is InChI=1S/C18H38N2O/c1-5-18(2,3)16-10-9-15(14-19)17(13-16)20(4)11-7-6-8-12-21/h15-17,21H,5-14,19H2,1-4H3. The molecule has 0 spiro atoms. The first-order chi connectivity index (χ1) is 9.96. The quantitative estimate of drug-likeness (QED) is 0.642. The van der Waals surface area contributed by atoms with Crippen molar-refractivity contribution in [2.45, 2.75) is 71.8 Å². The molecular weight excluding hydrogens is 260 g/mol. The van der Waals surface area contributed by atoms with Crippen LogP contribution in [0, 0.1) is 17.3 Å². The first-order valence-electron chi connectivity index (χ1n) is 8.97. The number of rotatable bonds is 9. The summed E-state index contributed by atoms with van der Waals surface area (Å²) in [5, 5.41) is 8.88. The minimum Gasteiger partial charge on any atom is -0.396 e. The van der Waals surface area contributed by atoms with Gasteiger partial charge in [-0.25, -0.2) is 0 Å². The molecule has 3 N–H and O–H groups in total. The first-order valence-corrected chi connectivity index (χ1v) is 8.97. The molecular formula is C18H38N2O. The van der Waals surface area contributed by atoms with Crippen LogP contribution in [0.1, 0.15) is 65.7 Å². The van der Waals surface area contributed by atoms with Gasteiger partial charge >= 0.3 is 0 Å². The molecule has 3 nitrogen and oxygen atoms in total. The van der Waals surface area contributed by atoms with Gasteiger partial charge in [0.25, 0.3) is 0 Å². The average Bonchev–Trinajstić information content (AvgIpc) is 2.50. The number of nitrogens with zero attached hydrogens (tertiary/aromatic N) is 1. The summed E-state index contributed by atoms with van der Waals surface area (Å²) >= 11 is 0. The van der Waals surface area contributed by atoms with Gasteiger partial charge in [0.05, 0.1) is 0 Å². The highest BCUT2D eigenvalue weighted by atomic mass is 16.2. The molecule has 0 saturated heterocycles. The van der Waals surface area contributed by atoms with Crippen molar-refractivity contribution in [2.75, 3.05) is 26.7 Å². The predicted octanol–water partition coefficient (Wildman–Crippen LogP) is 3.26. The van der Waals surface area contributed by atoms with Gasteiger partial charge in [0.15, 0.2) is 0 Å². The van der Waals surface area contributed by atoms with E-state index in [2.05, 4.69) is 32.7 Å². The molecule has 0 aromatic carbocycles. The zero-order chi connectivity index (χ0) is 15.9. The van der Waals surface area contributed by atoms with E-state index in [1.807, 2.05) is 0 Å². The van der Waals surface area contributed by atoms with Crippen LogP contribution in [-0.4, -0.2) is 42.8 Å². The Hall–Kier alpha value is -0.120.